The third-order valence-electron chi connectivity index (χ3n) is 5.15. The van der Waals surface area contributed by atoms with E-state index >= 15 is 0 Å². The zero-order valence-electron chi connectivity index (χ0n) is 17.9. The van der Waals surface area contributed by atoms with Gasteiger partial charge in [-0.25, -0.2) is 18.6 Å². The number of aromatic nitrogens is 2. The van der Waals surface area contributed by atoms with Gasteiger partial charge in [-0.05, 0) is 38.1 Å². The lowest BCUT2D eigenvalue weighted by Gasteiger charge is -2.35. The molecule has 2 amide bonds. The van der Waals surface area contributed by atoms with Crippen molar-refractivity contribution in [2.24, 2.45) is 0 Å². The van der Waals surface area contributed by atoms with Crippen LogP contribution in [0.2, 0.25) is 0 Å². The molecule has 7 nitrogen and oxygen atoms in total. The topological polar surface area (TPSA) is 73.4 Å². The number of anilines is 4. The fourth-order valence-corrected chi connectivity index (χ4v) is 3.50. The molecule has 2 heterocycles. The molecule has 0 radical (unpaired) electrons. The van der Waals surface area contributed by atoms with Crippen LogP contribution in [0.15, 0.2) is 48.5 Å². The zero-order valence-corrected chi connectivity index (χ0v) is 17.9. The van der Waals surface area contributed by atoms with Crippen molar-refractivity contribution in [2.75, 3.05) is 41.7 Å². The van der Waals surface area contributed by atoms with Crippen molar-refractivity contribution in [3.05, 3.63) is 71.4 Å². The lowest BCUT2D eigenvalue weighted by Crippen LogP contribution is -2.50. The fourth-order valence-electron chi connectivity index (χ4n) is 3.50. The highest BCUT2D eigenvalue weighted by Crippen LogP contribution is 2.21. The largest absolute Gasteiger partial charge is 0.353 e. The normalized spacial score (nSPS) is 13.8. The minimum absolute atomic E-state index is 0.0909. The average Bonchev–Trinajstić information content (AvgIpc) is 2.74. The van der Waals surface area contributed by atoms with Crippen LogP contribution in [0.1, 0.15) is 11.3 Å². The lowest BCUT2D eigenvalue weighted by atomic mass is 10.2. The van der Waals surface area contributed by atoms with Crippen LogP contribution in [0.4, 0.5) is 36.7 Å². The van der Waals surface area contributed by atoms with Gasteiger partial charge < -0.3 is 20.4 Å². The third-order valence-corrected chi connectivity index (χ3v) is 5.15. The Balaban J connectivity index is 1.38. The molecule has 2 N–H and O–H groups in total. The van der Waals surface area contributed by atoms with Crippen molar-refractivity contribution in [3.8, 4) is 0 Å². The second-order valence-electron chi connectivity index (χ2n) is 7.74. The second kappa shape index (κ2) is 9.17. The van der Waals surface area contributed by atoms with Gasteiger partial charge in [-0.1, -0.05) is 17.7 Å². The van der Waals surface area contributed by atoms with E-state index in [0.717, 1.165) is 35.4 Å². The van der Waals surface area contributed by atoms with E-state index in [4.69, 9.17) is 0 Å². The van der Waals surface area contributed by atoms with Crippen LogP contribution in [-0.4, -0.2) is 47.1 Å². The van der Waals surface area contributed by atoms with Gasteiger partial charge in [0.2, 0.25) is 5.95 Å². The quantitative estimate of drug-likeness (QED) is 0.629. The van der Waals surface area contributed by atoms with Crippen molar-refractivity contribution in [2.45, 2.75) is 13.8 Å². The number of nitrogens with zero attached hydrogens (tertiary/aromatic N) is 4. The van der Waals surface area contributed by atoms with Gasteiger partial charge >= 0.3 is 6.03 Å². The van der Waals surface area contributed by atoms with E-state index in [9.17, 15) is 13.6 Å². The maximum Gasteiger partial charge on any atom is 0.321 e. The molecule has 1 aliphatic heterocycles. The van der Waals surface area contributed by atoms with Crippen molar-refractivity contribution in [1.82, 2.24) is 14.9 Å². The Bertz CT molecular complexity index is 1090. The average molecular weight is 438 g/mol. The fraction of sp³-hybridized carbons (Fsp3) is 0.261. The first kappa shape index (κ1) is 21.5. The molecule has 1 saturated heterocycles. The molecular formula is C23H24F2N6O. The van der Waals surface area contributed by atoms with Crippen LogP contribution < -0.4 is 15.5 Å². The Labute approximate surface area is 185 Å². The highest BCUT2D eigenvalue weighted by molar-refractivity contribution is 5.89. The Morgan fingerprint density at radius 1 is 0.875 bits per heavy atom. The maximum atomic E-state index is 13.4. The first-order valence-electron chi connectivity index (χ1n) is 10.3. The minimum Gasteiger partial charge on any atom is -0.353 e. The molecule has 3 aromatic rings. The van der Waals surface area contributed by atoms with Crippen LogP contribution in [0.25, 0.3) is 0 Å². The number of piperazine rings is 1. The molecule has 1 aliphatic rings. The maximum absolute atomic E-state index is 13.4. The van der Waals surface area contributed by atoms with Gasteiger partial charge in [0.05, 0.1) is 0 Å². The van der Waals surface area contributed by atoms with Crippen LogP contribution in [0.3, 0.4) is 0 Å². The van der Waals surface area contributed by atoms with Crippen LogP contribution in [-0.2, 0) is 0 Å². The number of rotatable bonds is 4. The molecule has 1 aromatic heterocycles. The molecule has 0 bridgehead atoms. The minimum atomic E-state index is -0.737. The van der Waals surface area contributed by atoms with Gasteiger partial charge in [-0.3, -0.25) is 0 Å². The summed E-state index contributed by atoms with van der Waals surface area (Å²) < 4.78 is 26.7. The molecule has 32 heavy (non-hydrogen) atoms. The first-order chi connectivity index (χ1) is 15.4. The molecule has 0 atom stereocenters. The molecule has 0 unspecified atom stereocenters. The summed E-state index contributed by atoms with van der Waals surface area (Å²) in [5, 5.41) is 5.78. The highest BCUT2D eigenvalue weighted by atomic mass is 19.1. The van der Waals surface area contributed by atoms with E-state index in [1.54, 1.807) is 4.90 Å². The predicted molar refractivity (Wildman–Crippen MR) is 120 cm³/mol. The summed E-state index contributed by atoms with van der Waals surface area (Å²) in [6.45, 7) is 5.99. The van der Waals surface area contributed by atoms with Crippen molar-refractivity contribution < 1.29 is 13.6 Å². The van der Waals surface area contributed by atoms with Gasteiger partial charge in [0.1, 0.15) is 17.5 Å². The summed E-state index contributed by atoms with van der Waals surface area (Å²) in [6.07, 6.45) is 0. The summed E-state index contributed by atoms with van der Waals surface area (Å²) in [5.74, 6) is -0.185. The number of urea groups is 1. The number of amides is 2. The number of carbonyl (C=O) groups excluding carboxylic acids is 1. The number of nitrogens with one attached hydrogen (secondary N) is 2. The number of aryl methyl sites for hydroxylation is 2. The number of carbonyl (C=O) groups is 1. The SMILES string of the molecule is Cc1ccc(Nc2nc(C)cc(N3CCN(C(=O)Nc4cc(F)cc(F)c4)CC3)n2)cc1. The number of hydrogen-bond donors (Lipinski definition) is 2. The second-order valence-corrected chi connectivity index (χ2v) is 7.74. The molecular weight excluding hydrogens is 414 g/mol. The van der Waals surface area contributed by atoms with Crippen LogP contribution in [0.5, 0.6) is 0 Å². The molecule has 166 valence electrons. The summed E-state index contributed by atoms with van der Waals surface area (Å²) in [7, 11) is 0. The summed E-state index contributed by atoms with van der Waals surface area (Å²) in [6, 6.07) is 12.4. The standard InChI is InChI=1S/C23H24F2N6O/c1-15-3-5-19(6-4-15)27-22-26-16(2)11-21(29-22)30-7-9-31(10-8-30)23(32)28-20-13-17(24)12-18(25)14-20/h3-6,11-14H,7-10H2,1-2H3,(H,28,32)(H,26,27,29). The van der Waals surface area contributed by atoms with E-state index in [0.29, 0.717) is 32.1 Å². The molecule has 1 fully saturated rings. The van der Waals surface area contributed by atoms with Gasteiger partial charge in [0.25, 0.3) is 0 Å². The Hall–Kier alpha value is -3.75. The van der Waals surface area contributed by atoms with Crippen LogP contribution in [0, 0.1) is 25.5 Å². The van der Waals surface area contributed by atoms with Crippen molar-refractivity contribution >= 4 is 29.2 Å². The summed E-state index contributed by atoms with van der Waals surface area (Å²) in [5.41, 5.74) is 3.00. The first-order valence-corrected chi connectivity index (χ1v) is 10.3. The van der Waals surface area contributed by atoms with Gasteiger partial charge in [0, 0.05) is 55.4 Å². The monoisotopic (exact) mass is 438 g/mol. The zero-order chi connectivity index (χ0) is 22.7. The van der Waals surface area contributed by atoms with Gasteiger partial charge in [-0.15, -0.1) is 0 Å². The van der Waals surface area contributed by atoms with E-state index in [1.165, 1.54) is 5.56 Å². The van der Waals surface area contributed by atoms with Gasteiger partial charge in [0.15, 0.2) is 0 Å². The Kier molecular flexibility index (Phi) is 6.16. The molecule has 0 spiro atoms. The van der Waals surface area contributed by atoms with E-state index < -0.39 is 17.7 Å². The Morgan fingerprint density at radius 2 is 1.53 bits per heavy atom. The van der Waals surface area contributed by atoms with E-state index in [-0.39, 0.29) is 5.69 Å². The molecule has 2 aromatic carbocycles. The van der Waals surface area contributed by atoms with Crippen LogP contribution >= 0.6 is 0 Å². The molecule has 4 rings (SSSR count). The van der Waals surface area contributed by atoms with Crippen molar-refractivity contribution in [1.29, 1.82) is 0 Å². The number of halogens is 2. The predicted octanol–water partition coefficient (Wildman–Crippen LogP) is 4.47. The molecule has 0 saturated carbocycles. The summed E-state index contributed by atoms with van der Waals surface area (Å²) in [4.78, 5) is 25.3. The lowest BCUT2D eigenvalue weighted by molar-refractivity contribution is 0.208. The molecule has 0 aliphatic carbocycles. The van der Waals surface area contributed by atoms with E-state index in [2.05, 4.69) is 25.5 Å². The molecule has 9 heteroatoms. The van der Waals surface area contributed by atoms with Gasteiger partial charge in [-0.2, -0.15) is 4.98 Å². The van der Waals surface area contributed by atoms with Crippen molar-refractivity contribution in [3.63, 3.8) is 0 Å². The smallest absolute Gasteiger partial charge is 0.321 e. The Morgan fingerprint density at radius 3 is 2.19 bits per heavy atom. The van der Waals surface area contributed by atoms with E-state index in [1.807, 2.05) is 44.2 Å². The third kappa shape index (κ3) is 5.29. The number of benzene rings is 2. The summed E-state index contributed by atoms with van der Waals surface area (Å²) >= 11 is 0. The number of hydrogen-bond acceptors (Lipinski definition) is 5. The highest BCUT2D eigenvalue weighted by Gasteiger charge is 2.23.